The number of aromatic nitrogens is 2. The SMILES string of the molecule is CC(C)(C)OC(=O)N1CC[C@@H](O)[C@H]1N(C=O)Cc1cc(-c2ccc(C(F)(F)F)nc2)ncc1C(=O)O. The van der Waals surface area contributed by atoms with Gasteiger partial charge in [-0.3, -0.25) is 19.7 Å². The van der Waals surface area contributed by atoms with Crippen molar-refractivity contribution < 1.29 is 42.5 Å². The molecule has 2 atom stereocenters. The maximum absolute atomic E-state index is 12.8. The molecular formula is C23H25F3N4O6. The van der Waals surface area contributed by atoms with Gasteiger partial charge in [0, 0.05) is 31.0 Å². The number of carboxylic acid groups (broad SMARTS) is 1. The summed E-state index contributed by atoms with van der Waals surface area (Å²) in [6.07, 6.45) is -5.10. The number of carboxylic acids is 1. The minimum absolute atomic E-state index is 0.0859. The summed E-state index contributed by atoms with van der Waals surface area (Å²) in [4.78, 5) is 46.1. The molecule has 36 heavy (non-hydrogen) atoms. The van der Waals surface area contributed by atoms with Gasteiger partial charge in [0.15, 0.2) is 0 Å². The van der Waals surface area contributed by atoms with Crippen molar-refractivity contribution in [3.05, 3.63) is 47.4 Å². The molecule has 2 aromatic heterocycles. The lowest BCUT2D eigenvalue weighted by molar-refractivity contribution is -0.141. The molecule has 1 fully saturated rings. The van der Waals surface area contributed by atoms with E-state index in [4.69, 9.17) is 4.74 Å². The number of pyridine rings is 2. The molecule has 2 amide bonds. The van der Waals surface area contributed by atoms with Crippen LogP contribution in [0.2, 0.25) is 0 Å². The molecule has 1 saturated heterocycles. The predicted molar refractivity (Wildman–Crippen MR) is 118 cm³/mol. The van der Waals surface area contributed by atoms with E-state index in [1.165, 1.54) is 11.0 Å². The summed E-state index contributed by atoms with van der Waals surface area (Å²) in [6, 6.07) is 3.22. The maximum Gasteiger partial charge on any atom is 0.433 e. The zero-order valence-corrected chi connectivity index (χ0v) is 19.7. The maximum atomic E-state index is 12.8. The predicted octanol–water partition coefficient (Wildman–Crippen LogP) is 3.15. The van der Waals surface area contributed by atoms with Crippen molar-refractivity contribution >= 4 is 18.5 Å². The van der Waals surface area contributed by atoms with Gasteiger partial charge in [-0.2, -0.15) is 13.2 Å². The van der Waals surface area contributed by atoms with Crippen LogP contribution in [0.5, 0.6) is 0 Å². The Hall–Kier alpha value is -3.74. The van der Waals surface area contributed by atoms with Gasteiger partial charge in [-0.05, 0) is 51.0 Å². The van der Waals surface area contributed by atoms with Crippen molar-refractivity contribution in [2.75, 3.05) is 6.54 Å². The molecule has 2 N–H and O–H groups in total. The Morgan fingerprint density at radius 3 is 2.44 bits per heavy atom. The van der Waals surface area contributed by atoms with Crippen molar-refractivity contribution in [2.24, 2.45) is 0 Å². The van der Waals surface area contributed by atoms with Crippen molar-refractivity contribution in [2.45, 2.75) is 57.8 Å². The normalized spacial score (nSPS) is 18.1. The Balaban J connectivity index is 1.94. The number of likely N-dealkylation sites (tertiary alicyclic amines) is 1. The number of aliphatic hydroxyl groups excluding tert-OH is 1. The van der Waals surface area contributed by atoms with E-state index < -0.39 is 41.8 Å². The van der Waals surface area contributed by atoms with Gasteiger partial charge in [-0.1, -0.05) is 0 Å². The van der Waals surface area contributed by atoms with Crippen LogP contribution in [-0.4, -0.2) is 72.9 Å². The second kappa shape index (κ2) is 10.1. The Bertz CT molecular complexity index is 1130. The van der Waals surface area contributed by atoms with Gasteiger partial charge in [0.2, 0.25) is 6.41 Å². The molecule has 10 nitrogen and oxygen atoms in total. The highest BCUT2D eigenvalue weighted by atomic mass is 19.4. The number of amides is 2. The highest BCUT2D eigenvalue weighted by Gasteiger charge is 2.42. The smallest absolute Gasteiger partial charge is 0.433 e. The van der Waals surface area contributed by atoms with Crippen LogP contribution < -0.4 is 0 Å². The lowest BCUT2D eigenvalue weighted by atomic mass is 10.0. The van der Waals surface area contributed by atoms with E-state index in [2.05, 4.69) is 9.97 Å². The van der Waals surface area contributed by atoms with Crippen LogP contribution in [0, 0.1) is 0 Å². The number of carbonyl (C=O) groups excluding carboxylic acids is 2. The van der Waals surface area contributed by atoms with E-state index in [1.54, 1.807) is 20.8 Å². The van der Waals surface area contributed by atoms with Gasteiger partial charge in [0.25, 0.3) is 0 Å². The van der Waals surface area contributed by atoms with Gasteiger partial charge in [0.05, 0.1) is 17.4 Å². The summed E-state index contributed by atoms with van der Waals surface area (Å²) >= 11 is 0. The van der Waals surface area contributed by atoms with Crippen molar-refractivity contribution in [3.8, 4) is 11.3 Å². The Morgan fingerprint density at radius 2 is 1.92 bits per heavy atom. The third kappa shape index (κ3) is 6.08. The lowest BCUT2D eigenvalue weighted by Crippen LogP contribution is -2.52. The molecule has 3 heterocycles. The minimum atomic E-state index is -4.63. The molecule has 1 aliphatic rings. The van der Waals surface area contributed by atoms with Crippen LogP contribution >= 0.6 is 0 Å². The molecule has 0 bridgehead atoms. The Kier molecular flexibility index (Phi) is 7.53. The van der Waals surface area contributed by atoms with E-state index in [-0.39, 0.29) is 41.9 Å². The van der Waals surface area contributed by atoms with Crippen LogP contribution in [0.25, 0.3) is 11.3 Å². The fourth-order valence-corrected chi connectivity index (χ4v) is 3.76. The first-order valence-electron chi connectivity index (χ1n) is 10.9. The molecule has 0 aliphatic carbocycles. The number of alkyl halides is 3. The number of carbonyl (C=O) groups is 3. The number of rotatable bonds is 6. The van der Waals surface area contributed by atoms with Crippen LogP contribution in [0.3, 0.4) is 0 Å². The fraction of sp³-hybridized carbons (Fsp3) is 0.435. The molecule has 194 valence electrons. The zero-order chi connectivity index (χ0) is 26.8. The highest BCUT2D eigenvalue weighted by molar-refractivity contribution is 5.89. The second-order valence-corrected chi connectivity index (χ2v) is 9.18. The van der Waals surface area contributed by atoms with Crippen LogP contribution in [0.4, 0.5) is 18.0 Å². The van der Waals surface area contributed by atoms with Crippen LogP contribution in [-0.2, 0) is 22.3 Å². The lowest BCUT2D eigenvalue weighted by Gasteiger charge is -2.35. The minimum Gasteiger partial charge on any atom is -0.478 e. The van der Waals surface area contributed by atoms with Gasteiger partial charge in [-0.25, -0.2) is 9.59 Å². The summed E-state index contributed by atoms with van der Waals surface area (Å²) in [5.74, 6) is -1.35. The first-order valence-corrected chi connectivity index (χ1v) is 10.9. The Morgan fingerprint density at radius 1 is 1.22 bits per heavy atom. The Labute approximate surface area is 204 Å². The van der Waals surface area contributed by atoms with Crippen LogP contribution in [0.15, 0.2) is 30.6 Å². The summed E-state index contributed by atoms with van der Waals surface area (Å²) < 4.78 is 43.8. The second-order valence-electron chi connectivity index (χ2n) is 9.18. The summed E-state index contributed by atoms with van der Waals surface area (Å²) in [6.45, 7) is 4.76. The number of nitrogens with zero attached hydrogens (tertiary/aromatic N) is 4. The molecule has 0 saturated carbocycles. The van der Waals surface area contributed by atoms with Gasteiger partial charge < -0.3 is 19.8 Å². The zero-order valence-electron chi connectivity index (χ0n) is 19.7. The molecule has 0 spiro atoms. The molecule has 1 aliphatic heterocycles. The molecular weight excluding hydrogens is 485 g/mol. The third-order valence-corrected chi connectivity index (χ3v) is 5.36. The molecule has 13 heteroatoms. The summed E-state index contributed by atoms with van der Waals surface area (Å²) in [5, 5.41) is 20.1. The summed E-state index contributed by atoms with van der Waals surface area (Å²) in [5.41, 5.74) is -1.79. The van der Waals surface area contributed by atoms with E-state index in [9.17, 15) is 37.8 Å². The number of aliphatic hydroxyl groups is 1. The topological polar surface area (TPSA) is 133 Å². The van der Waals surface area contributed by atoms with Gasteiger partial charge in [-0.15, -0.1) is 0 Å². The molecule has 2 aromatic rings. The monoisotopic (exact) mass is 510 g/mol. The largest absolute Gasteiger partial charge is 0.478 e. The molecule has 0 aromatic carbocycles. The van der Waals surface area contributed by atoms with E-state index in [1.807, 2.05) is 0 Å². The van der Waals surface area contributed by atoms with Crippen molar-refractivity contribution in [3.63, 3.8) is 0 Å². The molecule has 3 rings (SSSR count). The van der Waals surface area contributed by atoms with Crippen molar-refractivity contribution in [1.82, 2.24) is 19.8 Å². The number of hydrogen-bond acceptors (Lipinski definition) is 7. The summed E-state index contributed by atoms with van der Waals surface area (Å²) in [7, 11) is 0. The number of hydrogen-bond donors (Lipinski definition) is 2. The van der Waals surface area contributed by atoms with Gasteiger partial charge >= 0.3 is 18.2 Å². The first-order chi connectivity index (χ1) is 16.7. The van der Waals surface area contributed by atoms with E-state index >= 15 is 0 Å². The number of aromatic carboxylic acids is 1. The van der Waals surface area contributed by atoms with E-state index in [0.717, 1.165) is 29.4 Å². The third-order valence-electron chi connectivity index (χ3n) is 5.36. The molecule has 0 unspecified atom stereocenters. The number of halogens is 3. The highest BCUT2D eigenvalue weighted by Crippen LogP contribution is 2.30. The first kappa shape index (κ1) is 26.9. The van der Waals surface area contributed by atoms with Crippen LogP contribution in [0.1, 0.15) is 48.8 Å². The van der Waals surface area contributed by atoms with Crippen molar-refractivity contribution in [1.29, 1.82) is 0 Å². The average molecular weight is 510 g/mol. The molecule has 0 radical (unpaired) electrons. The van der Waals surface area contributed by atoms with Gasteiger partial charge in [0.1, 0.15) is 17.5 Å². The standard InChI is InChI=1S/C23H25F3N4O6/c1-22(2,3)36-21(35)30-7-6-17(32)19(30)29(12-31)11-14-8-16(27-10-15(14)20(33)34)13-4-5-18(28-9-13)23(24,25)26/h4-5,8-10,12,17,19,32H,6-7,11H2,1-3H3,(H,33,34)/t17-,19+/m1/s1. The quantitative estimate of drug-likeness (QED) is 0.567. The fourth-order valence-electron chi connectivity index (χ4n) is 3.76. The number of ether oxygens (including phenoxy) is 1. The van der Waals surface area contributed by atoms with E-state index in [0.29, 0.717) is 6.41 Å². The average Bonchev–Trinajstić information content (AvgIpc) is 3.17.